The van der Waals surface area contributed by atoms with E-state index in [0.717, 1.165) is 25.9 Å². The standard InChI is InChI=1S/C9H21N3O/c1-4-7-12(6-3)8(5-2)9(13)11-10/h8H,4-7,10H2,1-3H3,(H,11,13). The Labute approximate surface area is 80.4 Å². The number of hydrogen-bond acceptors (Lipinski definition) is 3. The van der Waals surface area contributed by atoms with Crippen molar-refractivity contribution in [1.29, 1.82) is 0 Å². The molecule has 13 heavy (non-hydrogen) atoms. The summed E-state index contributed by atoms with van der Waals surface area (Å²) >= 11 is 0. The Kier molecular flexibility index (Phi) is 6.54. The highest BCUT2D eigenvalue weighted by Crippen LogP contribution is 2.04. The van der Waals surface area contributed by atoms with E-state index in [-0.39, 0.29) is 11.9 Å². The molecule has 0 aromatic rings. The lowest BCUT2D eigenvalue weighted by Crippen LogP contribution is -2.48. The lowest BCUT2D eigenvalue weighted by atomic mass is 10.1. The SMILES string of the molecule is CCCN(CC)C(CC)C(=O)NN. The highest BCUT2D eigenvalue weighted by Gasteiger charge is 2.21. The predicted molar refractivity (Wildman–Crippen MR) is 53.9 cm³/mol. The summed E-state index contributed by atoms with van der Waals surface area (Å²) in [6.45, 7) is 8.00. The molecule has 0 saturated carbocycles. The fraction of sp³-hybridized carbons (Fsp3) is 0.889. The molecule has 0 heterocycles. The minimum absolute atomic E-state index is 0.0741. The Morgan fingerprint density at radius 3 is 2.38 bits per heavy atom. The van der Waals surface area contributed by atoms with Crippen molar-refractivity contribution in [1.82, 2.24) is 10.3 Å². The second-order valence-corrected chi connectivity index (χ2v) is 3.06. The van der Waals surface area contributed by atoms with Gasteiger partial charge in [0.1, 0.15) is 0 Å². The number of nitrogens with zero attached hydrogens (tertiary/aromatic N) is 1. The van der Waals surface area contributed by atoms with Gasteiger partial charge in [-0.05, 0) is 25.9 Å². The summed E-state index contributed by atoms with van der Waals surface area (Å²) in [6.07, 6.45) is 1.86. The molecule has 4 nitrogen and oxygen atoms in total. The number of likely N-dealkylation sites (N-methyl/N-ethyl adjacent to an activating group) is 1. The molecule has 4 heteroatoms. The number of rotatable bonds is 6. The summed E-state index contributed by atoms with van der Waals surface area (Å²) in [5.41, 5.74) is 2.21. The first-order chi connectivity index (χ1) is 6.21. The first-order valence-electron chi connectivity index (χ1n) is 4.95. The van der Waals surface area contributed by atoms with Crippen molar-refractivity contribution in [2.45, 2.75) is 39.7 Å². The predicted octanol–water partition coefficient (Wildman–Crippen LogP) is 0.487. The van der Waals surface area contributed by atoms with Crippen LogP contribution in [0.15, 0.2) is 0 Å². The van der Waals surface area contributed by atoms with Gasteiger partial charge in [0.15, 0.2) is 0 Å². The summed E-state index contributed by atoms with van der Waals surface area (Å²) < 4.78 is 0. The smallest absolute Gasteiger partial charge is 0.251 e. The zero-order chi connectivity index (χ0) is 10.3. The van der Waals surface area contributed by atoms with Gasteiger partial charge in [0.05, 0.1) is 6.04 Å². The zero-order valence-corrected chi connectivity index (χ0v) is 8.84. The van der Waals surface area contributed by atoms with E-state index < -0.39 is 0 Å². The topological polar surface area (TPSA) is 58.4 Å². The van der Waals surface area contributed by atoms with Crippen LogP contribution >= 0.6 is 0 Å². The van der Waals surface area contributed by atoms with E-state index in [4.69, 9.17) is 5.84 Å². The largest absolute Gasteiger partial charge is 0.293 e. The number of carbonyl (C=O) groups is 1. The van der Waals surface area contributed by atoms with E-state index in [2.05, 4.69) is 24.2 Å². The molecular weight excluding hydrogens is 166 g/mol. The van der Waals surface area contributed by atoms with Crippen LogP contribution in [0.2, 0.25) is 0 Å². The molecule has 1 amide bonds. The molecule has 0 saturated heterocycles. The van der Waals surface area contributed by atoms with Crippen LogP contribution in [-0.2, 0) is 4.79 Å². The van der Waals surface area contributed by atoms with Crippen LogP contribution in [-0.4, -0.2) is 29.9 Å². The normalized spacial score (nSPS) is 13.0. The number of hydrogen-bond donors (Lipinski definition) is 2. The Morgan fingerprint density at radius 1 is 1.46 bits per heavy atom. The molecule has 0 fully saturated rings. The van der Waals surface area contributed by atoms with Gasteiger partial charge in [-0.1, -0.05) is 20.8 Å². The first-order valence-corrected chi connectivity index (χ1v) is 4.95. The van der Waals surface area contributed by atoms with Crippen molar-refractivity contribution in [3.63, 3.8) is 0 Å². The van der Waals surface area contributed by atoms with Gasteiger partial charge >= 0.3 is 0 Å². The number of amides is 1. The summed E-state index contributed by atoms with van der Waals surface area (Å²) in [5.74, 6) is 5.03. The summed E-state index contributed by atoms with van der Waals surface area (Å²) in [6, 6.07) is -0.0741. The molecule has 78 valence electrons. The Bertz CT molecular complexity index is 150. The van der Waals surface area contributed by atoms with Gasteiger partial charge in [0, 0.05) is 0 Å². The fourth-order valence-corrected chi connectivity index (χ4v) is 1.53. The first kappa shape index (κ1) is 12.4. The summed E-state index contributed by atoms with van der Waals surface area (Å²) in [4.78, 5) is 13.5. The highest BCUT2D eigenvalue weighted by molar-refractivity contribution is 5.81. The van der Waals surface area contributed by atoms with Gasteiger partial charge in [-0.15, -0.1) is 0 Å². The van der Waals surface area contributed by atoms with Crippen molar-refractivity contribution in [2.24, 2.45) is 5.84 Å². The third-order valence-electron chi connectivity index (χ3n) is 2.19. The van der Waals surface area contributed by atoms with Crippen molar-refractivity contribution < 1.29 is 4.79 Å². The van der Waals surface area contributed by atoms with E-state index in [9.17, 15) is 4.79 Å². The Hall–Kier alpha value is -0.610. The molecule has 0 spiro atoms. The molecule has 3 N–H and O–H groups in total. The maximum Gasteiger partial charge on any atom is 0.251 e. The van der Waals surface area contributed by atoms with Gasteiger partial charge in [-0.25, -0.2) is 5.84 Å². The average molecular weight is 187 g/mol. The molecular formula is C9H21N3O. The number of nitrogens with two attached hydrogens (primary N) is 1. The van der Waals surface area contributed by atoms with E-state index >= 15 is 0 Å². The van der Waals surface area contributed by atoms with Crippen molar-refractivity contribution >= 4 is 5.91 Å². The van der Waals surface area contributed by atoms with Crippen molar-refractivity contribution in [2.75, 3.05) is 13.1 Å². The van der Waals surface area contributed by atoms with Crippen LogP contribution < -0.4 is 11.3 Å². The Balaban J connectivity index is 4.23. The van der Waals surface area contributed by atoms with E-state index in [0.29, 0.717) is 0 Å². The fourth-order valence-electron chi connectivity index (χ4n) is 1.53. The van der Waals surface area contributed by atoms with E-state index in [1.807, 2.05) is 6.92 Å². The number of nitrogens with one attached hydrogen (secondary N) is 1. The molecule has 0 rings (SSSR count). The van der Waals surface area contributed by atoms with Gasteiger partial charge < -0.3 is 0 Å². The second kappa shape index (κ2) is 6.86. The molecule has 0 aliphatic heterocycles. The monoisotopic (exact) mass is 187 g/mol. The van der Waals surface area contributed by atoms with Gasteiger partial charge in [0.2, 0.25) is 0 Å². The van der Waals surface area contributed by atoms with Gasteiger partial charge in [-0.3, -0.25) is 15.1 Å². The molecule has 0 aromatic heterocycles. The van der Waals surface area contributed by atoms with Crippen LogP contribution in [0.3, 0.4) is 0 Å². The van der Waals surface area contributed by atoms with Crippen LogP contribution in [0.25, 0.3) is 0 Å². The number of carbonyl (C=O) groups excluding carboxylic acids is 1. The molecule has 0 aliphatic rings. The van der Waals surface area contributed by atoms with Crippen LogP contribution in [0.1, 0.15) is 33.6 Å². The minimum atomic E-state index is -0.0854. The summed E-state index contributed by atoms with van der Waals surface area (Å²) in [7, 11) is 0. The molecule has 1 unspecified atom stereocenters. The van der Waals surface area contributed by atoms with Crippen molar-refractivity contribution in [3.05, 3.63) is 0 Å². The third-order valence-corrected chi connectivity index (χ3v) is 2.19. The maximum absolute atomic E-state index is 11.3. The zero-order valence-electron chi connectivity index (χ0n) is 8.84. The maximum atomic E-state index is 11.3. The Morgan fingerprint density at radius 2 is 2.08 bits per heavy atom. The molecule has 1 atom stereocenters. The van der Waals surface area contributed by atoms with Crippen LogP contribution in [0.5, 0.6) is 0 Å². The molecule has 0 radical (unpaired) electrons. The van der Waals surface area contributed by atoms with Gasteiger partial charge in [-0.2, -0.15) is 0 Å². The lowest BCUT2D eigenvalue weighted by molar-refractivity contribution is -0.126. The van der Waals surface area contributed by atoms with E-state index in [1.54, 1.807) is 0 Å². The second-order valence-electron chi connectivity index (χ2n) is 3.06. The molecule has 0 bridgehead atoms. The van der Waals surface area contributed by atoms with E-state index in [1.165, 1.54) is 0 Å². The highest BCUT2D eigenvalue weighted by atomic mass is 16.2. The average Bonchev–Trinajstić information content (AvgIpc) is 2.17. The minimum Gasteiger partial charge on any atom is -0.293 e. The summed E-state index contributed by atoms with van der Waals surface area (Å²) in [5, 5.41) is 0. The number of hydrazine groups is 1. The van der Waals surface area contributed by atoms with Crippen LogP contribution in [0.4, 0.5) is 0 Å². The third kappa shape index (κ3) is 3.74. The molecule has 0 aliphatic carbocycles. The van der Waals surface area contributed by atoms with Crippen LogP contribution in [0, 0.1) is 0 Å². The lowest BCUT2D eigenvalue weighted by Gasteiger charge is -2.27. The quantitative estimate of drug-likeness (QED) is 0.361. The van der Waals surface area contributed by atoms with Crippen molar-refractivity contribution in [3.8, 4) is 0 Å². The van der Waals surface area contributed by atoms with Gasteiger partial charge in [0.25, 0.3) is 5.91 Å². The molecule has 0 aromatic carbocycles.